The van der Waals surface area contributed by atoms with E-state index in [-0.39, 0.29) is 23.8 Å². The normalized spacial score (nSPS) is 10.7. The third-order valence-electron chi connectivity index (χ3n) is 5.26. The third kappa shape index (κ3) is 4.83. The number of carbonyl (C=O) groups is 3. The van der Waals surface area contributed by atoms with Crippen LogP contribution in [0.15, 0.2) is 72.9 Å². The summed E-state index contributed by atoms with van der Waals surface area (Å²) in [5.41, 5.74) is 3.20. The Labute approximate surface area is 196 Å². The van der Waals surface area contributed by atoms with Gasteiger partial charge in [-0.2, -0.15) is 0 Å². The molecule has 1 heterocycles. The van der Waals surface area contributed by atoms with Crippen molar-refractivity contribution < 1.29 is 28.6 Å². The van der Waals surface area contributed by atoms with Crippen molar-refractivity contribution in [2.45, 2.75) is 20.4 Å². The number of nitrogens with zero attached hydrogens (tertiary/aromatic N) is 1. The number of ketones is 1. The Hall–Kier alpha value is -4.39. The second kappa shape index (κ2) is 9.62. The minimum Gasteiger partial charge on any atom is -0.497 e. The summed E-state index contributed by atoms with van der Waals surface area (Å²) in [4.78, 5) is 36.1. The van der Waals surface area contributed by atoms with Gasteiger partial charge in [-0.25, -0.2) is 0 Å². The number of esters is 2. The fourth-order valence-corrected chi connectivity index (χ4v) is 3.78. The summed E-state index contributed by atoms with van der Waals surface area (Å²) in [6, 6.07) is 20.1. The zero-order valence-electron chi connectivity index (χ0n) is 19.0. The molecule has 0 aliphatic heterocycles. The van der Waals surface area contributed by atoms with Crippen LogP contribution in [0.1, 0.15) is 24.2 Å². The van der Waals surface area contributed by atoms with Gasteiger partial charge in [0, 0.05) is 42.6 Å². The zero-order chi connectivity index (χ0) is 24.2. The molecule has 7 nitrogen and oxygen atoms in total. The Morgan fingerprint density at radius 2 is 1.53 bits per heavy atom. The van der Waals surface area contributed by atoms with Crippen molar-refractivity contribution in [1.82, 2.24) is 4.57 Å². The van der Waals surface area contributed by atoms with Gasteiger partial charge in [0.05, 0.1) is 19.2 Å². The number of benzene rings is 3. The highest BCUT2D eigenvalue weighted by Crippen LogP contribution is 2.34. The molecule has 34 heavy (non-hydrogen) atoms. The molecule has 172 valence electrons. The van der Waals surface area contributed by atoms with Gasteiger partial charge in [0.25, 0.3) is 0 Å². The molecule has 3 aromatic carbocycles. The number of aromatic nitrogens is 1. The maximum atomic E-state index is 13.2. The van der Waals surface area contributed by atoms with E-state index < -0.39 is 11.9 Å². The molecule has 0 bridgehead atoms. The van der Waals surface area contributed by atoms with Gasteiger partial charge in [-0.3, -0.25) is 14.4 Å². The summed E-state index contributed by atoms with van der Waals surface area (Å²) in [5.74, 6) is -0.592. The molecular formula is C27H23NO6. The van der Waals surface area contributed by atoms with Crippen LogP contribution >= 0.6 is 0 Å². The molecule has 4 rings (SSSR count). The molecule has 0 saturated heterocycles. The number of hydrogen-bond donors (Lipinski definition) is 0. The second-order valence-electron chi connectivity index (χ2n) is 7.69. The molecule has 0 atom stereocenters. The molecule has 0 saturated carbocycles. The predicted molar refractivity (Wildman–Crippen MR) is 127 cm³/mol. The fraction of sp³-hybridized carbons (Fsp3) is 0.148. The van der Waals surface area contributed by atoms with Gasteiger partial charge in [-0.05, 0) is 35.9 Å². The van der Waals surface area contributed by atoms with E-state index in [1.54, 1.807) is 7.11 Å². The van der Waals surface area contributed by atoms with Crippen molar-refractivity contribution in [1.29, 1.82) is 0 Å². The van der Waals surface area contributed by atoms with Crippen LogP contribution in [0.3, 0.4) is 0 Å². The van der Waals surface area contributed by atoms with Crippen molar-refractivity contribution in [3.05, 3.63) is 78.5 Å². The summed E-state index contributed by atoms with van der Waals surface area (Å²) in [6.07, 6.45) is 1.94. The van der Waals surface area contributed by atoms with Crippen molar-refractivity contribution in [3.8, 4) is 28.4 Å². The molecule has 0 N–H and O–H groups in total. The average Bonchev–Trinajstić information content (AvgIpc) is 3.17. The van der Waals surface area contributed by atoms with Crippen LogP contribution < -0.4 is 14.2 Å². The summed E-state index contributed by atoms with van der Waals surface area (Å²) in [7, 11) is 1.60. The number of methoxy groups -OCH3 is 1. The Morgan fingerprint density at radius 1 is 0.824 bits per heavy atom. The van der Waals surface area contributed by atoms with Crippen LogP contribution in [-0.2, 0) is 16.1 Å². The third-order valence-corrected chi connectivity index (χ3v) is 5.26. The van der Waals surface area contributed by atoms with Crippen LogP contribution in [-0.4, -0.2) is 29.4 Å². The van der Waals surface area contributed by atoms with Crippen molar-refractivity contribution in [2.24, 2.45) is 0 Å². The lowest BCUT2D eigenvalue weighted by Crippen LogP contribution is -2.12. The van der Waals surface area contributed by atoms with E-state index in [1.807, 2.05) is 59.3 Å². The SMILES string of the molecule is COc1ccc2c(-c3ccccc3)cn(CC(=O)c3ccc(OC(C)=O)c(OC(C)=O)c3)c2c1. The molecule has 1 aromatic heterocycles. The quantitative estimate of drug-likeness (QED) is 0.219. The summed E-state index contributed by atoms with van der Waals surface area (Å²) in [5, 5.41) is 0.991. The van der Waals surface area contributed by atoms with Crippen molar-refractivity contribution in [3.63, 3.8) is 0 Å². The van der Waals surface area contributed by atoms with E-state index in [2.05, 4.69) is 0 Å². The number of rotatable bonds is 7. The van der Waals surface area contributed by atoms with Crippen LogP contribution in [0.4, 0.5) is 0 Å². The number of carbonyl (C=O) groups excluding carboxylic acids is 3. The first-order valence-corrected chi connectivity index (χ1v) is 10.6. The first-order chi connectivity index (χ1) is 16.4. The van der Waals surface area contributed by atoms with Crippen LogP contribution in [0, 0.1) is 0 Å². The van der Waals surface area contributed by atoms with E-state index in [0.29, 0.717) is 11.3 Å². The predicted octanol–water partition coefficient (Wildman–Crippen LogP) is 5.05. The highest BCUT2D eigenvalue weighted by Gasteiger charge is 2.18. The van der Waals surface area contributed by atoms with Gasteiger partial charge in [-0.1, -0.05) is 30.3 Å². The van der Waals surface area contributed by atoms with Gasteiger partial charge < -0.3 is 18.8 Å². The highest BCUT2D eigenvalue weighted by molar-refractivity contribution is 6.00. The molecule has 0 aliphatic carbocycles. The lowest BCUT2D eigenvalue weighted by atomic mass is 10.1. The molecule has 0 spiro atoms. The highest BCUT2D eigenvalue weighted by atomic mass is 16.6. The van der Waals surface area contributed by atoms with Gasteiger partial charge in [-0.15, -0.1) is 0 Å². The zero-order valence-corrected chi connectivity index (χ0v) is 19.0. The van der Waals surface area contributed by atoms with Gasteiger partial charge in [0.15, 0.2) is 17.3 Å². The Kier molecular flexibility index (Phi) is 6.45. The summed E-state index contributed by atoms with van der Waals surface area (Å²) < 4.78 is 17.5. The largest absolute Gasteiger partial charge is 0.497 e. The monoisotopic (exact) mass is 457 g/mol. The summed E-state index contributed by atoms with van der Waals surface area (Å²) in [6.45, 7) is 2.52. The standard InChI is InChI=1S/C27H23NO6/c1-17(29)33-26-12-9-20(13-27(26)34-18(2)30)25(31)16-28-15-23(19-7-5-4-6-8-19)22-11-10-21(32-3)14-24(22)28/h4-15H,16H2,1-3H3. The lowest BCUT2D eigenvalue weighted by molar-refractivity contribution is -0.134. The number of ether oxygens (including phenoxy) is 3. The average molecular weight is 457 g/mol. The van der Waals surface area contributed by atoms with E-state index in [1.165, 1.54) is 32.0 Å². The Morgan fingerprint density at radius 3 is 2.21 bits per heavy atom. The number of hydrogen-bond acceptors (Lipinski definition) is 6. The second-order valence-corrected chi connectivity index (χ2v) is 7.69. The molecule has 7 heteroatoms. The van der Waals surface area contributed by atoms with Gasteiger partial charge in [0.1, 0.15) is 5.75 Å². The van der Waals surface area contributed by atoms with Gasteiger partial charge in [0.2, 0.25) is 0 Å². The maximum absolute atomic E-state index is 13.2. The lowest BCUT2D eigenvalue weighted by Gasteiger charge is -2.11. The first-order valence-electron chi connectivity index (χ1n) is 10.6. The van der Waals surface area contributed by atoms with E-state index in [4.69, 9.17) is 14.2 Å². The molecule has 0 unspecified atom stereocenters. The van der Waals surface area contributed by atoms with Crippen molar-refractivity contribution in [2.75, 3.05) is 7.11 Å². The topological polar surface area (TPSA) is 83.8 Å². The maximum Gasteiger partial charge on any atom is 0.308 e. The van der Waals surface area contributed by atoms with Crippen molar-refractivity contribution >= 4 is 28.6 Å². The minimum atomic E-state index is -0.589. The van der Waals surface area contributed by atoms with Crippen LogP contribution in [0.2, 0.25) is 0 Å². The number of fused-ring (bicyclic) bond motifs is 1. The number of Topliss-reactive ketones (excluding diaryl/α,β-unsaturated/α-hetero) is 1. The first kappa shape index (κ1) is 22.8. The van der Waals surface area contributed by atoms with E-state index in [0.717, 1.165) is 22.0 Å². The van der Waals surface area contributed by atoms with Crippen LogP contribution in [0.25, 0.3) is 22.0 Å². The van der Waals surface area contributed by atoms with Crippen LogP contribution in [0.5, 0.6) is 17.2 Å². The summed E-state index contributed by atoms with van der Waals surface area (Å²) >= 11 is 0. The Balaban J connectivity index is 1.73. The molecule has 0 amide bonds. The smallest absolute Gasteiger partial charge is 0.308 e. The molecule has 0 fully saturated rings. The molecule has 0 radical (unpaired) electrons. The van der Waals surface area contributed by atoms with Gasteiger partial charge >= 0.3 is 11.9 Å². The molecular weight excluding hydrogens is 434 g/mol. The Bertz CT molecular complexity index is 1390. The van der Waals surface area contributed by atoms with E-state index >= 15 is 0 Å². The molecule has 4 aromatic rings. The fourth-order valence-electron chi connectivity index (χ4n) is 3.78. The van der Waals surface area contributed by atoms with E-state index in [9.17, 15) is 14.4 Å². The molecule has 0 aliphatic rings. The minimum absolute atomic E-state index is 0.0116.